The maximum Gasteiger partial charge on any atom is 0.275 e. The molecule has 70 valence electrons. The van der Waals surface area contributed by atoms with Gasteiger partial charge in [-0.25, -0.2) is 8.78 Å². The van der Waals surface area contributed by atoms with E-state index in [1.807, 2.05) is 0 Å². The zero-order valence-electron chi connectivity index (χ0n) is 6.37. The van der Waals surface area contributed by atoms with Crippen molar-refractivity contribution in [3.63, 3.8) is 0 Å². The summed E-state index contributed by atoms with van der Waals surface area (Å²) in [6, 6.07) is 3.19. The van der Waals surface area contributed by atoms with Gasteiger partial charge >= 0.3 is 0 Å². The van der Waals surface area contributed by atoms with E-state index >= 15 is 0 Å². The van der Waals surface area contributed by atoms with Gasteiger partial charge in [0.25, 0.3) is 16.2 Å². The number of benzene rings is 1. The molecule has 0 saturated heterocycles. The molecule has 6 heteroatoms. The van der Waals surface area contributed by atoms with E-state index in [1.54, 1.807) is 0 Å². The van der Waals surface area contributed by atoms with Crippen LogP contribution < -0.4 is 5.19 Å². The molecule has 1 aromatic rings. The minimum absolute atomic E-state index is 0.354. The Morgan fingerprint density at radius 2 is 1.92 bits per heavy atom. The van der Waals surface area contributed by atoms with Gasteiger partial charge in [0.2, 0.25) is 0 Å². The molecule has 13 heavy (non-hydrogen) atoms. The van der Waals surface area contributed by atoms with Gasteiger partial charge in [-0.05, 0) is 17.3 Å². The molecular formula is C7H6F2O3Si. The summed E-state index contributed by atoms with van der Waals surface area (Å²) >= 11 is 0. The van der Waals surface area contributed by atoms with Gasteiger partial charge in [-0.2, -0.15) is 0 Å². The van der Waals surface area contributed by atoms with Gasteiger partial charge in [-0.3, -0.25) is 0 Å². The van der Waals surface area contributed by atoms with Crippen molar-refractivity contribution >= 4 is 14.9 Å². The Hall–Kier alpha value is -0.823. The zero-order valence-corrected chi connectivity index (χ0v) is 7.37. The van der Waals surface area contributed by atoms with Gasteiger partial charge in [-0.15, -0.1) is 0 Å². The number of hydrogen-bond donors (Lipinski definition) is 2. The highest BCUT2D eigenvalue weighted by Crippen LogP contribution is 2.01. The number of hydrogen-bond acceptors (Lipinski definition) is 3. The largest absolute Gasteiger partial charge is 0.366 e. The second-order valence-electron chi connectivity index (χ2n) is 2.18. The molecule has 0 bridgehead atoms. The fourth-order valence-electron chi connectivity index (χ4n) is 0.680. The molecule has 1 aromatic carbocycles. The smallest absolute Gasteiger partial charge is 0.275 e. The van der Waals surface area contributed by atoms with Crippen LogP contribution in [0.2, 0.25) is 0 Å². The van der Waals surface area contributed by atoms with Crippen molar-refractivity contribution in [2.24, 2.45) is 0 Å². The fraction of sp³-hybridized carbons (Fsp3) is 0.143. The summed E-state index contributed by atoms with van der Waals surface area (Å²) in [6.45, 7) is -1.90. The summed E-state index contributed by atoms with van der Waals surface area (Å²) < 4.78 is 29.3. The Morgan fingerprint density at radius 1 is 1.23 bits per heavy atom. The van der Waals surface area contributed by atoms with Gasteiger partial charge in [-0.1, -0.05) is 6.07 Å². The molecule has 0 aliphatic heterocycles. The summed E-state index contributed by atoms with van der Waals surface area (Å²) in [5, 5.41) is 17.0. The van der Waals surface area contributed by atoms with E-state index in [0.717, 1.165) is 12.1 Å². The lowest BCUT2D eigenvalue weighted by Crippen LogP contribution is -2.24. The fourth-order valence-corrected chi connectivity index (χ4v) is 1.26. The lowest BCUT2D eigenvalue weighted by molar-refractivity contribution is -0.179. The molecule has 0 aliphatic rings. The van der Waals surface area contributed by atoms with Crippen LogP contribution in [0.1, 0.15) is 0 Å². The predicted octanol–water partition coefficient (Wildman–Crippen LogP) is -0.506. The molecule has 0 spiro atoms. The quantitative estimate of drug-likeness (QED) is 0.515. The lowest BCUT2D eigenvalue weighted by atomic mass is 10.3. The van der Waals surface area contributed by atoms with Crippen LogP contribution >= 0.6 is 0 Å². The van der Waals surface area contributed by atoms with Crippen LogP contribution in [0.4, 0.5) is 8.78 Å². The number of aliphatic hydroxyl groups excluding tert-OH is 1. The molecule has 0 unspecified atom stereocenters. The second kappa shape index (κ2) is 4.42. The van der Waals surface area contributed by atoms with Crippen LogP contribution in [-0.4, -0.2) is 26.5 Å². The molecule has 0 atom stereocenters. The SMILES string of the molecule is OC(O)O[Si]c1ccc(F)c(F)c1. The third-order valence-corrected chi connectivity index (χ3v) is 2.08. The zero-order chi connectivity index (χ0) is 9.84. The van der Waals surface area contributed by atoms with E-state index in [2.05, 4.69) is 4.43 Å². The van der Waals surface area contributed by atoms with Gasteiger partial charge in [0.15, 0.2) is 11.6 Å². The van der Waals surface area contributed by atoms with Gasteiger partial charge < -0.3 is 14.6 Å². The van der Waals surface area contributed by atoms with Crippen LogP contribution in [-0.2, 0) is 4.43 Å². The highest BCUT2D eigenvalue weighted by atomic mass is 28.2. The third-order valence-electron chi connectivity index (χ3n) is 1.20. The summed E-state index contributed by atoms with van der Waals surface area (Å²) in [6.07, 6.45) is 0. The van der Waals surface area contributed by atoms with E-state index in [4.69, 9.17) is 10.2 Å². The molecule has 3 nitrogen and oxygen atoms in total. The Kier molecular flexibility index (Phi) is 3.49. The van der Waals surface area contributed by atoms with Crippen LogP contribution in [0.5, 0.6) is 0 Å². The van der Waals surface area contributed by atoms with Crippen molar-refractivity contribution in [2.45, 2.75) is 6.48 Å². The first-order valence-corrected chi connectivity index (χ1v) is 4.23. The molecule has 0 saturated carbocycles. The van der Waals surface area contributed by atoms with Crippen molar-refractivity contribution in [3.8, 4) is 0 Å². The Balaban J connectivity index is 2.63. The number of aliphatic hydroxyl groups is 2. The van der Waals surface area contributed by atoms with Crippen LogP contribution in [0.15, 0.2) is 18.2 Å². The normalized spacial score (nSPS) is 10.8. The molecule has 0 aliphatic carbocycles. The van der Waals surface area contributed by atoms with E-state index < -0.39 is 27.9 Å². The standard InChI is InChI=1S/C7H6F2O3Si/c8-5-2-1-4(3-6(5)9)13-12-7(10)11/h1-3,7,10-11H. The van der Waals surface area contributed by atoms with Crippen molar-refractivity contribution in [2.75, 3.05) is 0 Å². The highest BCUT2D eigenvalue weighted by Gasteiger charge is 2.05. The Bertz CT molecular complexity index is 293. The highest BCUT2D eigenvalue weighted by molar-refractivity contribution is 6.46. The van der Waals surface area contributed by atoms with Crippen molar-refractivity contribution in [1.82, 2.24) is 0 Å². The molecule has 0 aromatic heterocycles. The number of rotatable bonds is 3. The van der Waals surface area contributed by atoms with E-state index in [-0.39, 0.29) is 0 Å². The maximum absolute atomic E-state index is 12.6. The molecule has 2 N–H and O–H groups in total. The van der Waals surface area contributed by atoms with Crippen LogP contribution in [0.25, 0.3) is 0 Å². The lowest BCUT2D eigenvalue weighted by Gasteiger charge is -2.03. The molecule has 1 rings (SSSR count). The van der Waals surface area contributed by atoms with E-state index in [9.17, 15) is 8.78 Å². The molecule has 0 amide bonds. The summed E-state index contributed by atoms with van der Waals surface area (Å²) in [5.74, 6) is -1.93. The first kappa shape index (κ1) is 10.3. The summed E-state index contributed by atoms with van der Waals surface area (Å²) in [7, 11) is -0.429. The minimum atomic E-state index is -1.90. The Labute approximate surface area is 75.5 Å². The van der Waals surface area contributed by atoms with Gasteiger partial charge in [0, 0.05) is 0 Å². The molecular weight excluding hydrogens is 198 g/mol. The number of halogens is 2. The minimum Gasteiger partial charge on any atom is -0.366 e. The van der Waals surface area contributed by atoms with Gasteiger partial charge in [0.1, 0.15) is 0 Å². The Morgan fingerprint density at radius 3 is 2.46 bits per heavy atom. The van der Waals surface area contributed by atoms with E-state index in [1.165, 1.54) is 6.07 Å². The summed E-state index contributed by atoms with van der Waals surface area (Å²) in [4.78, 5) is 0. The average molecular weight is 204 g/mol. The average Bonchev–Trinajstić information content (AvgIpc) is 2.07. The first-order chi connectivity index (χ1) is 6.09. The molecule has 0 fully saturated rings. The van der Waals surface area contributed by atoms with Crippen molar-refractivity contribution < 1.29 is 23.4 Å². The third kappa shape index (κ3) is 3.19. The monoisotopic (exact) mass is 204 g/mol. The predicted molar refractivity (Wildman–Crippen MR) is 41.1 cm³/mol. The molecule has 0 heterocycles. The maximum atomic E-state index is 12.6. The van der Waals surface area contributed by atoms with Crippen LogP contribution in [0, 0.1) is 11.6 Å². The molecule has 2 radical (unpaired) electrons. The van der Waals surface area contributed by atoms with Crippen molar-refractivity contribution in [3.05, 3.63) is 29.8 Å². The van der Waals surface area contributed by atoms with Crippen LogP contribution in [0.3, 0.4) is 0 Å². The topological polar surface area (TPSA) is 49.7 Å². The summed E-state index contributed by atoms with van der Waals surface area (Å²) in [5.41, 5.74) is 0. The van der Waals surface area contributed by atoms with E-state index in [0.29, 0.717) is 5.19 Å². The first-order valence-electron chi connectivity index (χ1n) is 3.32. The second-order valence-corrected chi connectivity index (χ2v) is 3.19. The van der Waals surface area contributed by atoms with Gasteiger partial charge in [0.05, 0.1) is 0 Å². The van der Waals surface area contributed by atoms with Crippen molar-refractivity contribution in [1.29, 1.82) is 0 Å².